The summed E-state index contributed by atoms with van der Waals surface area (Å²) in [5.74, 6) is -0.509. The summed E-state index contributed by atoms with van der Waals surface area (Å²) in [7, 11) is 0. The van der Waals surface area contributed by atoms with E-state index in [1.54, 1.807) is 24.3 Å². The van der Waals surface area contributed by atoms with Crippen LogP contribution in [-0.2, 0) is 6.54 Å². The van der Waals surface area contributed by atoms with Gasteiger partial charge in [0.15, 0.2) is 5.82 Å². The topological polar surface area (TPSA) is 110 Å². The molecule has 0 aliphatic heterocycles. The molecule has 0 radical (unpaired) electrons. The third-order valence-corrected chi connectivity index (χ3v) is 3.77. The lowest BCUT2D eigenvalue weighted by molar-refractivity contribution is 0.102. The van der Waals surface area contributed by atoms with E-state index in [0.29, 0.717) is 10.6 Å². The molecule has 1 aromatic carbocycles. The molecule has 0 aliphatic rings. The molecule has 126 valence electrons. The van der Waals surface area contributed by atoms with E-state index in [0.717, 1.165) is 10.8 Å². The van der Waals surface area contributed by atoms with Crippen molar-refractivity contribution in [1.29, 1.82) is 0 Å². The molecular formula is C16H12ClN5O3. The molecule has 0 bridgehead atoms. The van der Waals surface area contributed by atoms with Crippen molar-refractivity contribution in [1.82, 2.24) is 19.5 Å². The van der Waals surface area contributed by atoms with Gasteiger partial charge in [-0.1, -0.05) is 29.8 Å². The second-order valence-electron chi connectivity index (χ2n) is 5.03. The molecule has 9 heteroatoms. The van der Waals surface area contributed by atoms with Gasteiger partial charge < -0.3 is 10.3 Å². The maximum Gasteiger partial charge on any atom is 0.328 e. The van der Waals surface area contributed by atoms with E-state index in [-0.39, 0.29) is 17.9 Å². The molecule has 0 aliphatic carbocycles. The Morgan fingerprint density at radius 2 is 2.04 bits per heavy atom. The van der Waals surface area contributed by atoms with Gasteiger partial charge >= 0.3 is 5.69 Å². The summed E-state index contributed by atoms with van der Waals surface area (Å²) in [5.41, 5.74) is -1.01. The molecule has 0 saturated heterocycles. The van der Waals surface area contributed by atoms with Gasteiger partial charge in [0.05, 0.1) is 12.7 Å². The minimum Gasteiger partial charge on any atom is -0.313 e. The van der Waals surface area contributed by atoms with Crippen molar-refractivity contribution in [3.63, 3.8) is 0 Å². The van der Waals surface area contributed by atoms with Crippen molar-refractivity contribution in [2.24, 2.45) is 0 Å². The summed E-state index contributed by atoms with van der Waals surface area (Å²) in [5, 5.41) is 2.87. The van der Waals surface area contributed by atoms with E-state index >= 15 is 0 Å². The van der Waals surface area contributed by atoms with Crippen molar-refractivity contribution < 1.29 is 4.79 Å². The standard InChI is InChI=1S/C16H12ClN5O3/c17-12-4-2-1-3-10(12)9-22-15(24)11(7-20-16(22)25)14(23)21-13-8-18-5-6-19-13/h1-8H,9H2,(H,20,25)(H,19,21,23). The molecule has 0 fully saturated rings. The number of H-pyrrole nitrogens is 1. The minimum atomic E-state index is -0.731. The number of amides is 1. The van der Waals surface area contributed by atoms with E-state index in [4.69, 9.17) is 11.6 Å². The first-order valence-corrected chi connectivity index (χ1v) is 7.57. The third kappa shape index (κ3) is 3.64. The first-order valence-electron chi connectivity index (χ1n) is 7.19. The van der Waals surface area contributed by atoms with Crippen LogP contribution in [0.4, 0.5) is 5.82 Å². The predicted molar refractivity (Wildman–Crippen MR) is 91.9 cm³/mol. The third-order valence-electron chi connectivity index (χ3n) is 3.40. The van der Waals surface area contributed by atoms with E-state index < -0.39 is 17.2 Å². The number of anilines is 1. The highest BCUT2D eigenvalue weighted by atomic mass is 35.5. The van der Waals surface area contributed by atoms with Crippen molar-refractivity contribution in [3.8, 4) is 0 Å². The summed E-state index contributed by atoms with van der Waals surface area (Å²) in [4.78, 5) is 46.9. The lowest BCUT2D eigenvalue weighted by atomic mass is 10.2. The van der Waals surface area contributed by atoms with Crippen molar-refractivity contribution >= 4 is 23.3 Å². The Labute approximate surface area is 146 Å². The highest BCUT2D eigenvalue weighted by Crippen LogP contribution is 2.15. The van der Waals surface area contributed by atoms with Crippen LogP contribution in [0, 0.1) is 0 Å². The Balaban J connectivity index is 1.95. The number of nitrogens with one attached hydrogen (secondary N) is 2. The van der Waals surface area contributed by atoms with Crippen molar-refractivity contribution in [3.05, 3.63) is 86.0 Å². The van der Waals surface area contributed by atoms with E-state index in [9.17, 15) is 14.4 Å². The molecule has 0 saturated carbocycles. The highest BCUT2D eigenvalue weighted by molar-refractivity contribution is 6.31. The van der Waals surface area contributed by atoms with Crippen LogP contribution in [-0.4, -0.2) is 25.4 Å². The van der Waals surface area contributed by atoms with Crippen molar-refractivity contribution in [2.75, 3.05) is 5.32 Å². The summed E-state index contributed by atoms with van der Waals surface area (Å²) in [6.45, 7) is -0.0555. The zero-order chi connectivity index (χ0) is 17.8. The van der Waals surface area contributed by atoms with Gasteiger partial charge in [-0.25, -0.2) is 9.78 Å². The van der Waals surface area contributed by atoms with Gasteiger partial charge in [-0.2, -0.15) is 0 Å². The Hall–Kier alpha value is -3.26. The average Bonchev–Trinajstić information content (AvgIpc) is 2.61. The first-order chi connectivity index (χ1) is 12.1. The number of aromatic amines is 1. The molecule has 2 N–H and O–H groups in total. The fourth-order valence-electron chi connectivity index (χ4n) is 2.16. The van der Waals surface area contributed by atoms with Crippen LogP contribution in [0.5, 0.6) is 0 Å². The lowest BCUT2D eigenvalue weighted by Crippen LogP contribution is -2.39. The van der Waals surface area contributed by atoms with Crippen LogP contribution in [0.2, 0.25) is 5.02 Å². The number of hydrogen-bond acceptors (Lipinski definition) is 5. The molecular weight excluding hydrogens is 346 g/mol. The number of benzene rings is 1. The summed E-state index contributed by atoms with van der Waals surface area (Å²) < 4.78 is 0.910. The van der Waals surface area contributed by atoms with Gasteiger partial charge in [-0.15, -0.1) is 0 Å². The lowest BCUT2D eigenvalue weighted by Gasteiger charge is -2.08. The highest BCUT2D eigenvalue weighted by Gasteiger charge is 2.16. The van der Waals surface area contributed by atoms with E-state index in [2.05, 4.69) is 20.3 Å². The molecule has 2 heterocycles. The van der Waals surface area contributed by atoms with E-state index in [1.165, 1.54) is 18.6 Å². The SMILES string of the molecule is O=C(Nc1cnccn1)c1c[nH]c(=O)n(Cc2ccccc2Cl)c1=O. The maximum atomic E-state index is 12.5. The van der Waals surface area contributed by atoms with Gasteiger partial charge in [0, 0.05) is 23.6 Å². The van der Waals surface area contributed by atoms with Gasteiger partial charge in [0.2, 0.25) is 0 Å². The van der Waals surface area contributed by atoms with Crippen LogP contribution in [0.3, 0.4) is 0 Å². The molecule has 2 aromatic heterocycles. The molecule has 8 nitrogen and oxygen atoms in total. The number of halogens is 1. The molecule has 0 unspecified atom stereocenters. The largest absolute Gasteiger partial charge is 0.328 e. The average molecular weight is 358 g/mol. The van der Waals surface area contributed by atoms with E-state index in [1.807, 2.05) is 0 Å². The number of rotatable bonds is 4. The van der Waals surface area contributed by atoms with Gasteiger partial charge in [0.1, 0.15) is 5.56 Å². The Bertz CT molecular complexity index is 1030. The second kappa shape index (κ2) is 7.10. The zero-order valence-electron chi connectivity index (χ0n) is 12.8. The molecule has 3 rings (SSSR count). The van der Waals surface area contributed by atoms with Crippen LogP contribution in [0.15, 0.2) is 58.6 Å². The van der Waals surface area contributed by atoms with Gasteiger partial charge in [-0.05, 0) is 11.6 Å². The number of hydrogen-bond donors (Lipinski definition) is 2. The number of aromatic nitrogens is 4. The van der Waals surface area contributed by atoms with Crippen LogP contribution in [0.25, 0.3) is 0 Å². The Kier molecular flexibility index (Phi) is 4.71. The monoisotopic (exact) mass is 357 g/mol. The number of nitrogens with zero attached hydrogens (tertiary/aromatic N) is 3. The Morgan fingerprint density at radius 1 is 1.24 bits per heavy atom. The smallest absolute Gasteiger partial charge is 0.313 e. The van der Waals surface area contributed by atoms with Crippen LogP contribution < -0.4 is 16.6 Å². The second-order valence-corrected chi connectivity index (χ2v) is 5.44. The van der Waals surface area contributed by atoms with Gasteiger partial charge in [0.25, 0.3) is 11.5 Å². The normalized spacial score (nSPS) is 10.4. The first kappa shape index (κ1) is 16.6. The summed E-state index contributed by atoms with van der Waals surface area (Å²) in [6, 6.07) is 6.83. The number of carbonyl (C=O) groups is 1. The number of carbonyl (C=O) groups excluding carboxylic acids is 1. The van der Waals surface area contributed by atoms with Crippen LogP contribution in [0.1, 0.15) is 15.9 Å². The minimum absolute atomic E-state index is 0.0555. The molecule has 0 atom stereocenters. The zero-order valence-corrected chi connectivity index (χ0v) is 13.5. The van der Waals surface area contributed by atoms with Gasteiger partial charge in [-0.3, -0.25) is 19.1 Å². The summed E-state index contributed by atoms with van der Waals surface area (Å²) in [6.07, 6.45) is 5.26. The molecule has 0 spiro atoms. The predicted octanol–water partition coefficient (Wildman–Crippen LogP) is 1.28. The fourth-order valence-corrected chi connectivity index (χ4v) is 2.36. The van der Waals surface area contributed by atoms with Crippen molar-refractivity contribution in [2.45, 2.75) is 6.54 Å². The summed E-state index contributed by atoms with van der Waals surface area (Å²) >= 11 is 6.07. The molecule has 25 heavy (non-hydrogen) atoms. The Morgan fingerprint density at radius 3 is 2.76 bits per heavy atom. The molecule has 3 aromatic rings. The fraction of sp³-hybridized carbons (Fsp3) is 0.0625. The molecule has 1 amide bonds. The quantitative estimate of drug-likeness (QED) is 0.731. The maximum absolute atomic E-state index is 12.5. The van der Waals surface area contributed by atoms with Crippen LogP contribution >= 0.6 is 11.6 Å².